The van der Waals surface area contributed by atoms with Crippen LogP contribution in [0.3, 0.4) is 0 Å². The van der Waals surface area contributed by atoms with Gasteiger partial charge in [0.2, 0.25) is 0 Å². The second-order valence-electron chi connectivity index (χ2n) is 7.68. The Hall–Kier alpha value is -2.37. The minimum atomic E-state index is -0.255. The van der Waals surface area contributed by atoms with Gasteiger partial charge in [0.25, 0.3) is 0 Å². The van der Waals surface area contributed by atoms with Crippen molar-refractivity contribution in [2.45, 2.75) is 25.9 Å². The first-order chi connectivity index (χ1) is 12.8. The first-order valence-corrected chi connectivity index (χ1v) is 9.30. The normalized spacial score (nSPS) is 16.2. The van der Waals surface area contributed by atoms with Gasteiger partial charge in [-0.05, 0) is 69.4 Å². The molecule has 0 amide bonds. The van der Waals surface area contributed by atoms with Crippen LogP contribution in [-0.2, 0) is 12.1 Å². The number of aromatic nitrogens is 2. The maximum Gasteiger partial charge on any atom is 0.139 e. The molecule has 1 aliphatic heterocycles. The van der Waals surface area contributed by atoms with E-state index in [2.05, 4.69) is 35.7 Å². The molecule has 2 aromatic carbocycles. The van der Waals surface area contributed by atoms with Gasteiger partial charge in [0, 0.05) is 22.8 Å². The van der Waals surface area contributed by atoms with E-state index < -0.39 is 0 Å². The molecule has 3 aromatic rings. The molecule has 2 heterocycles. The fourth-order valence-electron chi connectivity index (χ4n) is 3.85. The van der Waals surface area contributed by atoms with E-state index in [0.717, 1.165) is 41.7 Å². The highest BCUT2D eigenvalue weighted by molar-refractivity contribution is 6.30. The van der Waals surface area contributed by atoms with Crippen molar-refractivity contribution in [3.8, 4) is 11.3 Å². The van der Waals surface area contributed by atoms with Gasteiger partial charge in [-0.3, -0.25) is 4.90 Å². The van der Waals surface area contributed by atoms with Crippen molar-refractivity contribution in [1.82, 2.24) is 14.5 Å². The lowest BCUT2D eigenvalue weighted by Crippen LogP contribution is -2.45. The Kier molecular flexibility index (Phi) is 4.44. The van der Waals surface area contributed by atoms with Gasteiger partial charge in [-0.2, -0.15) is 0 Å². The van der Waals surface area contributed by atoms with E-state index in [1.54, 1.807) is 12.1 Å². The number of rotatable bonds is 3. The Morgan fingerprint density at radius 3 is 2.41 bits per heavy atom. The predicted molar refractivity (Wildman–Crippen MR) is 108 cm³/mol. The summed E-state index contributed by atoms with van der Waals surface area (Å²) >= 11 is 6.03. The van der Waals surface area contributed by atoms with Crippen LogP contribution in [0.4, 0.5) is 15.9 Å². The zero-order valence-corrected chi connectivity index (χ0v) is 16.4. The van der Waals surface area contributed by atoms with Crippen LogP contribution >= 0.6 is 11.6 Å². The lowest BCUT2D eigenvalue weighted by atomic mass is 10.0. The highest BCUT2D eigenvalue weighted by Gasteiger charge is 2.34. The van der Waals surface area contributed by atoms with Crippen LogP contribution in [0.5, 0.6) is 0 Å². The van der Waals surface area contributed by atoms with Gasteiger partial charge in [0.05, 0.1) is 12.1 Å². The van der Waals surface area contributed by atoms with Gasteiger partial charge in [0.15, 0.2) is 0 Å². The summed E-state index contributed by atoms with van der Waals surface area (Å²) in [6, 6.07) is 14.1. The van der Waals surface area contributed by atoms with Crippen LogP contribution in [0.2, 0.25) is 5.02 Å². The van der Waals surface area contributed by atoms with Crippen molar-refractivity contribution in [3.05, 3.63) is 65.2 Å². The number of imidazole rings is 1. The maximum absolute atomic E-state index is 13.4. The van der Waals surface area contributed by atoms with Crippen LogP contribution in [-0.4, -0.2) is 28.0 Å². The number of fused-ring (bicyclic) bond motifs is 1. The summed E-state index contributed by atoms with van der Waals surface area (Å²) in [5, 5.41) is 4.21. The Bertz CT molecular complexity index is 961. The molecule has 0 unspecified atom stereocenters. The summed E-state index contributed by atoms with van der Waals surface area (Å²) in [5.41, 5.74) is 2.50. The molecule has 0 atom stereocenters. The molecule has 1 aliphatic rings. The SMILES string of the molecule is CN1Cc2nc(-c3ccc(F)cc3)c(Nc3ccc(Cl)cc3)n2C(C)(C)C1. The summed E-state index contributed by atoms with van der Waals surface area (Å²) in [4.78, 5) is 7.19. The van der Waals surface area contributed by atoms with Crippen LogP contribution in [0.1, 0.15) is 19.7 Å². The first kappa shape index (κ1) is 18.0. The highest BCUT2D eigenvalue weighted by atomic mass is 35.5. The topological polar surface area (TPSA) is 33.1 Å². The lowest BCUT2D eigenvalue weighted by Gasteiger charge is -2.39. The molecule has 0 fully saturated rings. The molecule has 0 saturated carbocycles. The number of benzene rings is 2. The predicted octanol–water partition coefficient (Wildman–Crippen LogP) is 5.27. The molecule has 1 aromatic heterocycles. The smallest absolute Gasteiger partial charge is 0.139 e. The summed E-state index contributed by atoms with van der Waals surface area (Å²) in [7, 11) is 2.10. The van der Waals surface area contributed by atoms with E-state index in [0.29, 0.717) is 5.02 Å². The van der Waals surface area contributed by atoms with Gasteiger partial charge in [-0.15, -0.1) is 0 Å². The van der Waals surface area contributed by atoms with Crippen LogP contribution in [0, 0.1) is 5.82 Å². The zero-order valence-electron chi connectivity index (χ0n) is 15.6. The fourth-order valence-corrected chi connectivity index (χ4v) is 3.97. The molecule has 4 nitrogen and oxygen atoms in total. The Labute approximate surface area is 163 Å². The number of halogens is 2. The molecule has 6 heteroatoms. The standard InChI is InChI=1S/C21H22ClFN4/c1-21(2)13-26(3)12-18-25-19(14-4-8-16(23)9-5-14)20(27(18)21)24-17-10-6-15(22)7-11-17/h4-11,24H,12-13H2,1-3H3. The minimum absolute atomic E-state index is 0.137. The molecule has 0 aliphatic carbocycles. The molecule has 1 N–H and O–H groups in total. The molecule has 27 heavy (non-hydrogen) atoms. The number of nitrogens with zero attached hydrogens (tertiary/aromatic N) is 3. The lowest BCUT2D eigenvalue weighted by molar-refractivity contribution is 0.160. The molecule has 4 rings (SSSR count). The van der Waals surface area contributed by atoms with Crippen molar-refractivity contribution < 1.29 is 4.39 Å². The van der Waals surface area contributed by atoms with Crippen molar-refractivity contribution in [2.75, 3.05) is 18.9 Å². The van der Waals surface area contributed by atoms with E-state index in [1.807, 2.05) is 24.3 Å². The number of likely N-dealkylation sites (N-methyl/N-ethyl adjacent to an activating group) is 1. The van der Waals surface area contributed by atoms with E-state index in [-0.39, 0.29) is 11.4 Å². The summed E-state index contributed by atoms with van der Waals surface area (Å²) < 4.78 is 15.7. The molecule has 0 radical (unpaired) electrons. The number of hydrogen-bond donors (Lipinski definition) is 1. The quantitative estimate of drug-likeness (QED) is 0.668. The summed E-state index contributed by atoms with van der Waals surface area (Å²) in [6.45, 7) is 6.08. The zero-order chi connectivity index (χ0) is 19.2. The fraction of sp³-hybridized carbons (Fsp3) is 0.286. The number of anilines is 2. The van der Waals surface area contributed by atoms with Crippen molar-refractivity contribution in [3.63, 3.8) is 0 Å². The minimum Gasteiger partial charge on any atom is -0.340 e. The third-order valence-electron chi connectivity index (χ3n) is 4.85. The molecular weight excluding hydrogens is 363 g/mol. The maximum atomic E-state index is 13.4. The van der Waals surface area contributed by atoms with Crippen LogP contribution < -0.4 is 5.32 Å². The van der Waals surface area contributed by atoms with Crippen molar-refractivity contribution >= 4 is 23.1 Å². The average molecular weight is 385 g/mol. The summed E-state index contributed by atoms with van der Waals surface area (Å²) in [5.74, 6) is 1.65. The molecule has 0 saturated heterocycles. The molecule has 140 valence electrons. The van der Waals surface area contributed by atoms with Gasteiger partial charge in [-0.1, -0.05) is 11.6 Å². The molecule has 0 spiro atoms. The third-order valence-corrected chi connectivity index (χ3v) is 5.10. The second kappa shape index (κ2) is 6.66. The van der Waals surface area contributed by atoms with Gasteiger partial charge in [-0.25, -0.2) is 9.37 Å². The van der Waals surface area contributed by atoms with E-state index in [4.69, 9.17) is 16.6 Å². The average Bonchev–Trinajstić information content (AvgIpc) is 2.96. The first-order valence-electron chi connectivity index (χ1n) is 8.93. The van der Waals surface area contributed by atoms with E-state index in [9.17, 15) is 4.39 Å². The molecular formula is C21H22ClFN4. The van der Waals surface area contributed by atoms with Crippen LogP contribution in [0.25, 0.3) is 11.3 Å². The monoisotopic (exact) mass is 384 g/mol. The highest BCUT2D eigenvalue weighted by Crippen LogP contribution is 2.38. The Balaban J connectivity index is 1.88. The van der Waals surface area contributed by atoms with E-state index in [1.165, 1.54) is 12.1 Å². The molecule has 0 bridgehead atoms. The summed E-state index contributed by atoms with van der Waals surface area (Å²) in [6.07, 6.45) is 0. The Morgan fingerprint density at radius 2 is 1.74 bits per heavy atom. The number of hydrogen-bond acceptors (Lipinski definition) is 3. The van der Waals surface area contributed by atoms with Crippen molar-refractivity contribution in [1.29, 1.82) is 0 Å². The largest absolute Gasteiger partial charge is 0.340 e. The van der Waals surface area contributed by atoms with Gasteiger partial charge in [0.1, 0.15) is 23.2 Å². The Morgan fingerprint density at radius 1 is 1.07 bits per heavy atom. The van der Waals surface area contributed by atoms with Gasteiger partial charge < -0.3 is 9.88 Å². The van der Waals surface area contributed by atoms with Crippen molar-refractivity contribution in [2.24, 2.45) is 0 Å². The van der Waals surface area contributed by atoms with E-state index >= 15 is 0 Å². The van der Waals surface area contributed by atoms with Crippen LogP contribution in [0.15, 0.2) is 48.5 Å². The second-order valence-corrected chi connectivity index (χ2v) is 8.12. The number of nitrogens with one attached hydrogen (secondary N) is 1. The third kappa shape index (κ3) is 3.45. The van der Waals surface area contributed by atoms with Gasteiger partial charge >= 0.3 is 0 Å².